The Bertz CT molecular complexity index is 565. The molecule has 2 aromatic rings. The van der Waals surface area contributed by atoms with Crippen LogP contribution in [0.25, 0.3) is 11.3 Å². The molecule has 1 atom stereocenters. The van der Waals surface area contributed by atoms with Gasteiger partial charge in [0.25, 0.3) is 0 Å². The van der Waals surface area contributed by atoms with E-state index < -0.39 is 0 Å². The van der Waals surface area contributed by atoms with Crippen molar-refractivity contribution < 1.29 is 0 Å². The molecule has 1 aromatic heterocycles. The van der Waals surface area contributed by atoms with Gasteiger partial charge in [-0.25, -0.2) is 9.97 Å². The Labute approximate surface area is 121 Å². The lowest BCUT2D eigenvalue weighted by Crippen LogP contribution is -2.12. The molecule has 4 heteroatoms. The summed E-state index contributed by atoms with van der Waals surface area (Å²) in [5.74, 6) is 1.63. The van der Waals surface area contributed by atoms with Crippen molar-refractivity contribution >= 4 is 15.9 Å². The quantitative estimate of drug-likeness (QED) is 0.945. The summed E-state index contributed by atoms with van der Waals surface area (Å²) >= 11 is 3.50. The number of nitrogens with zero attached hydrogens (tertiary/aromatic N) is 2. The zero-order valence-corrected chi connectivity index (χ0v) is 12.2. The predicted octanol–water partition coefficient (Wildman–Crippen LogP) is 3.06. The number of aromatic nitrogens is 2. The van der Waals surface area contributed by atoms with Crippen LogP contribution < -0.4 is 5.32 Å². The molecule has 0 aliphatic carbocycles. The molecule has 0 radical (unpaired) electrons. The van der Waals surface area contributed by atoms with Gasteiger partial charge in [-0.1, -0.05) is 28.1 Å². The van der Waals surface area contributed by atoms with Crippen LogP contribution in [-0.2, 0) is 6.42 Å². The SMILES string of the molecule is Brc1cccc(-c2ccnc(CC3CCNC3)n2)c1. The molecule has 2 heterocycles. The smallest absolute Gasteiger partial charge is 0.129 e. The molecule has 0 saturated carbocycles. The van der Waals surface area contributed by atoms with E-state index in [1.54, 1.807) is 0 Å². The topological polar surface area (TPSA) is 37.8 Å². The maximum Gasteiger partial charge on any atom is 0.129 e. The van der Waals surface area contributed by atoms with Crippen molar-refractivity contribution in [2.24, 2.45) is 5.92 Å². The van der Waals surface area contributed by atoms with E-state index in [2.05, 4.69) is 43.3 Å². The summed E-state index contributed by atoms with van der Waals surface area (Å²) in [6.45, 7) is 2.21. The highest BCUT2D eigenvalue weighted by molar-refractivity contribution is 9.10. The first-order chi connectivity index (χ1) is 9.31. The number of benzene rings is 1. The molecule has 1 unspecified atom stereocenters. The lowest BCUT2D eigenvalue weighted by molar-refractivity contribution is 0.561. The van der Waals surface area contributed by atoms with Crippen LogP contribution in [0.1, 0.15) is 12.2 Å². The molecule has 1 aliphatic rings. The third-order valence-corrected chi connectivity index (χ3v) is 3.95. The first-order valence-electron chi connectivity index (χ1n) is 6.60. The second-order valence-electron chi connectivity index (χ2n) is 4.93. The molecule has 19 heavy (non-hydrogen) atoms. The lowest BCUT2D eigenvalue weighted by atomic mass is 10.0. The van der Waals surface area contributed by atoms with Crippen LogP contribution in [0, 0.1) is 5.92 Å². The van der Waals surface area contributed by atoms with Crippen LogP contribution in [0.5, 0.6) is 0 Å². The highest BCUT2D eigenvalue weighted by Crippen LogP contribution is 2.21. The molecule has 1 aliphatic heterocycles. The Morgan fingerprint density at radius 2 is 2.26 bits per heavy atom. The largest absolute Gasteiger partial charge is 0.316 e. The van der Waals surface area contributed by atoms with Gasteiger partial charge < -0.3 is 5.32 Å². The Morgan fingerprint density at radius 3 is 3.05 bits per heavy atom. The third kappa shape index (κ3) is 3.19. The van der Waals surface area contributed by atoms with Gasteiger partial charge in [0.15, 0.2) is 0 Å². The Morgan fingerprint density at radius 1 is 1.32 bits per heavy atom. The Hall–Kier alpha value is -1.26. The van der Waals surface area contributed by atoms with E-state index in [9.17, 15) is 0 Å². The van der Waals surface area contributed by atoms with Crippen molar-refractivity contribution in [2.45, 2.75) is 12.8 Å². The van der Waals surface area contributed by atoms with Gasteiger partial charge in [0, 0.05) is 22.7 Å². The maximum atomic E-state index is 4.69. The van der Waals surface area contributed by atoms with Crippen molar-refractivity contribution in [3.63, 3.8) is 0 Å². The fourth-order valence-electron chi connectivity index (χ4n) is 2.45. The number of rotatable bonds is 3. The van der Waals surface area contributed by atoms with Gasteiger partial charge in [0.2, 0.25) is 0 Å². The predicted molar refractivity (Wildman–Crippen MR) is 79.8 cm³/mol. The first kappa shape index (κ1) is 12.8. The summed E-state index contributed by atoms with van der Waals surface area (Å²) in [4.78, 5) is 9.09. The molecule has 98 valence electrons. The summed E-state index contributed by atoms with van der Waals surface area (Å²) in [5, 5.41) is 3.38. The van der Waals surface area contributed by atoms with Crippen LogP contribution in [-0.4, -0.2) is 23.1 Å². The monoisotopic (exact) mass is 317 g/mol. The van der Waals surface area contributed by atoms with E-state index in [0.29, 0.717) is 5.92 Å². The zero-order valence-electron chi connectivity index (χ0n) is 10.6. The van der Waals surface area contributed by atoms with E-state index in [4.69, 9.17) is 0 Å². The minimum Gasteiger partial charge on any atom is -0.316 e. The first-order valence-corrected chi connectivity index (χ1v) is 7.39. The molecule has 3 nitrogen and oxygen atoms in total. The van der Waals surface area contributed by atoms with E-state index in [1.165, 1.54) is 6.42 Å². The molecule has 0 spiro atoms. The van der Waals surface area contributed by atoms with Gasteiger partial charge in [0.1, 0.15) is 5.82 Å². The summed E-state index contributed by atoms with van der Waals surface area (Å²) in [6.07, 6.45) is 4.06. The van der Waals surface area contributed by atoms with E-state index >= 15 is 0 Å². The summed E-state index contributed by atoms with van der Waals surface area (Å²) in [7, 11) is 0. The van der Waals surface area contributed by atoms with Gasteiger partial charge in [-0.05, 0) is 43.6 Å². The summed E-state index contributed by atoms with van der Waals surface area (Å²) < 4.78 is 1.07. The average molecular weight is 318 g/mol. The van der Waals surface area contributed by atoms with Crippen LogP contribution in [0.4, 0.5) is 0 Å². The van der Waals surface area contributed by atoms with E-state index in [-0.39, 0.29) is 0 Å². The molecule has 1 fully saturated rings. The van der Waals surface area contributed by atoms with Crippen LogP contribution in [0.3, 0.4) is 0 Å². The fraction of sp³-hybridized carbons (Fsp3) is 0.333. The van der Waals surface area contributed by atoms with Gasteiger partial charge in [-0.2, -0.15) is 0 Å². The van der Waals surface area contributed by atoms with Gasteiger partial charge >= 0.3 is 0 Å². The molecule has 0 amide bonds. The van der Waals surface area contributed by atoms with Crippen molar-refractivity contribution in [3.05, 3.63) is 46.8 Å². The number of halogens is 1. The summed E-state index contributed by atoms with van der Waals surface area (Å²) in [6, 6.07) is 10.2. The molecule has 1 aromatic carbocycles. The van der Waals surface area contributed by atoms with Gasteiger partial charge in [-0.15, -0.1) is 0 Å². The van der Waals surface area contributed by atoms with Crippen molar-refractivity contribution in [3.8, 4) is 11.3 Å². The van der Waals surface area contributed by atoms with Crippen LogP contribution in [0.15, 0.2) is 41.0 Å². The Kier molecular flexibility index (Phi) is 3.89. The molecule has 3 rings (SSSR count). The van der Waals surface area contributed by atoms with E-state index in [1.807, 2.05) is 24.4 Å². The standard InChI is InChI=1S/C15H16BrN3/c16-13-3-1-2-12(9-13)14-5-7-18-15(19-14)8-11-4-6-17-10-11/h1-3,5,7,9,11,17H,4,6,8,10H2. The third-order valence-electron chi connectivity index (χ3n) is 3.46. The van der Waals surface area contributed by atoms with E-state index in [0.717, 1.165) is 41.1 Å². The number of nitrogens with one attached hydrogen (secondary N) is 1. The molecule has 1 N–H and O–H groups in total. The highest BCUT2D eigenvalue weighted by atomic mass is 79.9. The Balaban J connectivity index is 1.82. The van der Waals surface area contributed by atoms with Crippen molar-refractivity contribution in [2.75, 3.05) is 13.1 Å². The lowest BCUT2D eigenvalue weighted by Gasteiger charge is -2.08. The average Bonchev–Trinajstić information content (AvgIpc) is 2.92. The normalized spacial score (nSPS) is 18.7. The second-order valence-corrected chi connectivity index (χ2v) is 5.85. The van der Waals surface area contributed by atoms with Crippen molar-refractivity contribution in [1.82, 2.24) is 15.3 Å². The van der Waals surface area contributed by atoms with Crippen molar-refractivity contribution in [1.29, 1.82) is 0 Å². The maximum absolute atomic E-state index is 4.69. The molecule has 1 saturated heterocycles. The fourth-order valence-corrected chi connectivity index (χ4v) is 2.85. The minimum atomic E-state index is 0.678. The van der Waals surface area contributed by atoms with Crippen LogP contribution >= 0.6 is 15.9 Å². The minimum absolute atomic E-state index is 0.678. The number of hydrogen-bond acceptors (Lipinski definition) is 3. The van der Waals surface area contributed by atoms with Crippen LogP contribution in [0.2, 0.25) is 0 Å². The highest BCUT2D eigenvalue weighted by Gasteiger charge is 2.16. The molecular weight excluding hydrogens is 302 g/mol. The number of hydrogen-bond donors (Lipinski definition) is 1. The van der Waals surface area contributed by atoms with Gasteiger partial charge in [0.05, 0.1) is 5.69 Å². The second kappa shape index (κ2) is 5.80. The summed E-state index contributed by atoms with van der Waals surface area (Å²) in [5.41, 5.74) is 2.12. The molecular formula is C15H16BrN3. The zero-order chi connectivity index (χ0) is 13.1. The van der Waals surface area contributed by atoms with Gasteiger partial charge in [-0.3, -0.25) is 0 Å². The molecule has 0 bridgehead atoms.